The summed E-state index contributed by atoms with van der Waals surface area (Å²) < 4.78 is 1.83. The molecule has 0 bridgehead atoms. The number of nitriles is 1. The van der Waals surface area contributed by atoms with Gasteiger partial charge in [-0.05, 0) is 24.3 Å². The van der Waals surface area contributed by atoms with E-state index in [9.17, 15) is 10.4 Å². The fraction of sp³-hybridized carbons (Fsp3) is 0. The zero-order valence-electron chi connectivity index (χ0n) is 10.7. The van der Waals surface area contributed by atoms with Crippen molar-refractivity contribution < 1.29 is 5.11 Å². The molecule has 1 N–H and O–H groups in total. The predicted octanol–water partition coefficient (Wildman–Crippen LogP) is 5.01. The van der Waals surface area contributed by atoms with Gasteiger partial charge in [0, 0.05) is 10.0 Å². The molecule has 0 unspecified atom stereocenters. The molecule has 0 aliphatic heterocycles. The Bertz CT molecular complexity index is 859. The summed E-state index contributed by atoms with van der Waals surface area (Å²) in [6, 6.07) is 16.9. The molecule has 0 amide bonds. The maximum atomic E-state index is 10.4. The van der Waals surface area contributed by atoms with E-state index in [0.717, 1.165) is 14.7 Å². The third kappa shape index (κ3) is 2.68. The van der Waals surface area contributed by atoms with Crippen molar-refractivity contribution >= 4 is 48.8 Å². The second kappa shape index (κ2) is 5.68. The Morgan fingerprint density at radius 3 is 2.71 bits per heavy atom. The van der Waals surface area contributed by atoms with Crippen LogP contribution in [0.2, 0.25) is 0 Å². The molecule has 0 saturated carbocycles. The topological polar surface area (TPSA) is 56.9 Å². The number of rotatable bonds is 2. The number of halogens is 1. The van der Waals surface area contributed by atoms with Crippen LogP contribution >= 0.6 is 27.3 Å². The fourth-order valence-corrected chi connectivity index (χ4v) is 3.32. The minimum absolute atomic E-state index is 0.0575. The molecule has 0 aliphatic rings. The van der Waals surface area contributed by atoms with Crippen molar-refractivity contribution in [2.75, 3.05) is 0 Å². The monoisotopic (exact) mass is 356 g/mol. The molecule has 0 spiro atoms. The number of aliphatic hydroxyl groups excluding tert-OH is 1. The molecule has 1 heterocycles. The van der Waals surface area contributed by atoms with Gasteiger partial charge in [0.2, 0.25) is 0 Å². The summed E-state index contributed by atoms with van der Waals surface area (Å²) in [5.74, 6) is -0.0575. The minimum Gasteiger partial charge on any atom is -0.506 e. The average Bonchev–Trinajstić information content (AvgIpc) is 2.91. The summed E-state index contributed by atoms with van der Waals surface area (Å²) in [6.45, 7) is 0. The van der Waals surface area contributed by atoms with Crippen LogP contribution in [0, 0.1) is 11.3 Å². The summed E-state index contributed by atoms with van der Waals surface area (Å²) >= 11 is 4.75. The van der Waals surface area contributed by atoms with Gasteiger partial charge in [-0.15, -0.1) is 11.3 Å². The quantitative estimate of drug-likeness (QED) is 0.518. The number of aliphatic hydroxyl groups is 1. The molecule has 0 aliphatic carbocycles. The second-order valence-electron chi connectivity index (χ2n) is 4.33. The molecule has 1 aromatic heterocycles. The van der Waals surface area contributed by atoms with E-state index in [1.807, 2.05) is 36.4 Å². The Balaban J connectivity index is 2.17. The van der Waals surface area contributed by atoms with E-state index in [4.69, 9.17) is 0 Å². The van der Waals surface area contributed by atoms with Gasteiger partial charge < -0.3 is 5.11 Å². The van der Waals surface area contributed by atoms with Gasteiger partial charge in [-0.1, -0.05) is 40.2 Å². The highest BCUT2D eigenvalue weighted by Gasteiger charge is 2.15. The van der Waals surface area contributed by atoms with Crippen LogP contribution in [0.25, 0.3) is 21.5 Å². The Morgan fingerprint density at radius 1 is 1.19 bits per heavy atom. The first kappa shape index (κ1) is 13.8. The number of para-hydroxylation sites is 1. The van der Waals surface area contributed by atoms with Gasteiger partial charge in [0.1, 0.15) is 22.4 Å². The molecular weight excluding hydrogens is 348 g/mol. The maximum Gasteiger partial charge on any atom is 0.143 e. The van der Waals surface area contributed by atoms with E-state index in [2.05, 4.69) is 27.0 Å². The van der Waals surface area contributed by atoms with Gasteiger partial charge in [0.15, 0.2) is 0 Å². The van der Waals surface area contributed by atoms with Crippen molar-refractivity contribution in [3.8, 4) is 6.07 Å². The molecule has 5 heteroatoms. The van der Waals surface area contributed by atoms with E-state index < -0.39 is 0 Å². The maximum absolute atomic E-state index is 10.4. The van der Waals surface area contributed by atoms with Crippen molar-refractivity contribution in [3.05, 3.63) is 63.6 Å². The number of allylic oxidation sites excluding steroid dienone is 1. The number of hydrogen-bond acceptors (Lipinski definition) is 4. The van der Waals surface area contributed by atoms with E-state index in [0.29, 0.717) is 10.6 Å². The zero-order chi connectivity index (χ0) is 14.8. The Labute approximate surface area is 133 Å². The summed E-state index contributed by atoms with van der Waals surface area (Å²) in [5, 5.41) is 20.3. The first-order valence-electron chi connectivity index (χ1n) is 6.14. The van der Waals surface area contributed by atoms with Crippen LogP contribution in [0.4, 0.5) is 0 Å². The van der Waals surface area contributed by atoms with Crippen LogP contribution in [0.15, 0.2) is 53.0 Å². The Kier molecular flexibility index (Phi) is 3.74. The number of nitrogens with zero attached hydrogens (tertiary/aromatic N) is 2. The van der Waals surface area contributed by atoms with E-state index >= 15 is 0 Å². The normalized spacial score (nSPS) is 12.0. The fourth-order valence-electron chi connectivity index (χ4n) is 1.96. The zero-order valence-corrected chi connectivity index (χ0v) is 13.1. The highest BCUT2D eigenvalue weighted by Crippen LogP contribution is 2.31. The number of fused-ring (bicyclic) bond motifs is 1. The third-order valence-corrected chi connectivity index (χ3v) is 4.50. The van der Waals surface area contributed by atoms with Gasteiger partial charge in [0.25, 0.3) is 0 Å². The number of thiazole rings is 1. The first-order valence-corrected chi connectivity index (χ1v) is 7.75. The van der Waals surface area contributed by atoms with Crippen LogP contribution in [0.5, 0.6) is 0 Å². The standard InChI is InChI=1S/C16H9BrN2OS/c17-11-5-3-4-10(8-11)15(20)12(9-18)16-19-13-6-1-2-7-14(13)21-16/h1-8,20H/b15-12-. The Hall–Kier alpha value is -2.16. The molecule has 3 nitrogen and oxygen atoms in total. The molecule has 3 rings (SSSR count). The average molecular weight is 357 g/mol. The van der Waals surface area contributed by atoms with Crippen LogP contribution in [0.3, 0.4) is 0 Å². The number of aromatic nitrogens is 1. The lowest BCUT2D eigenvalue weighted by atomic mass is 10.1. The van der Waals surface area contributed by atoms with Crippen molar-refractivity contribution in [1.29, 1.82) is 5.26 Å². The molecule has 0 radical (unpaired) electrons. The van der Waals surface area contributed by atoms with E-state index in [-0.39, 0.29) is 11.3 Å². The van der Waals surface area contributed by atoms with Gasteiger partial charge in [-0.25, -0.2) is 4.98 Å². The highest BCUT2D eigenvalue weighted by molar-refractivity contribution is 9.10. The molecule has 2 aromatic carbocycles. The van der Waals surface area contributed by atoms with Gasteiger partial charge in [0.05, 0.1) is 10.2 Å². The predicted molar refractivity (Wildman–Crippen MR) is 88.8 cm³/mol. The lowest BCUT2D eigenvalue weighted by Crippen LogP contribution is -1.89. The van der Waals surface area contributed by atoms with Gasteiger partial charge in [-0.3, -0.25) is 0 Å². The summed E-state index contributed by atoms with van der Waals surface area (Å²) in [7, 11) is 0. The van der Waals surface area contributed by atoms with Crippen LogP contribution in [-0.2, 0) is 0 Å². The minimum atomic E-state index is -0.0575. The van der Waals surface area contributed by atoms with Crippen LogP contribution in [0.1, 0.15) is 10.6 Å². The second-order valence-corrected chi connectivity index (χ2v) is 6.28. The lowest BCUT2D eigenvalue weighted by molar-refractivity contribution is 0.514. The molecule has 0 fully saturated rings. The van der Waals surface area contributed by atoms with Crippen LogP contribution < -0.4 is 0 Å². The molecule has 102 valence electrons. The van der Waals surface area contributed by atoms with E-state index in [1.165, 1.54) is 11.3 Å². The smallest absolute Gasteiger partial charge is 0.143 e. The van der Waals surface area contributed by atoms with E-state index in [1.54, 1.807) is 12.1 Å². The van der Waals surface area contributed by atoms with Crippen molar-refractivity contribution in [1.82, 2.24) is 4.98 Å². The highest BCUT2D eigenvalue weighted by atomic mass is 79.9. The van der Waals surface area contributed by atoms with Crippen LogP contribution in [-0.4, -0.2) is 10.1 Å². The lowest BCUT2D eigenvalue weighted by Gasteiger charge is -2.02. The molecule has 0 atom stereocenters. The SMILES string of the molecule is N#C/C(=C(/O)c1cccc(Br)c1)c1nc2ccccc2s1. The van der Waals surface area contributed by atoms with Gasteiger partial charge in [-0.2, -0.15) is 5.26 Å². The first-order chi connectivity index (χ1) is 10.2. The van der Waals surface area contributed by atoms with Gasteiger partial charge >= 0.3 is 0 Å². The largest absolute Gasteiger partial charge is 0.506 e. The molecule has 3 aromatic rings. The molecule has 21 heavy (non-hydrogen) atoms. The number of hydrogen-bond donors (Lipinski definition) is 1. The molecular formula is C16H9BrN2OS. The summed E-state index contributed by atoms with van der Waals surface area (Å²) in [6.07, 6.45) is 0. The molecule has 0 saturated heterocycles. The van der Waals surface area contributed by atoms with Crippen molar-refractivity contribution in [2.45, 2.75) is 0 Å². The Morgan fingerprint density at radius 2 is 2.00 bits per heavy atom. The summed E-state index contributed by atoms with van der Waals surface area (Å²) in [5.41, 5.74) is 1.60. The van der Waals surface area contributed by atoms with Crippen molar-refractivity contribution in [3.63, 3.8) is 0 Å². The summed E-state index contributed by atoms with van der Waals surface area (Å²) in [4.78, 5) is 4.42. The number of benzene rings is 2. The van der Waals surface area contributed by atoms with Crippen molar-refractivity contribution in [2.24, 2.45) is 0 Å². The third-order valence-electron chi connectivity index (χ3n) is 2.95.